The Bertz CT molecular complexity index is 1550. The minimum Gasteiger partial charge on any atom is -0.462 e. The number of nitrogens with one attached hydrogen (secondary N) is 3. The lowest BCUT2D eigenvalue weighted by molar-refractivity contribution is -0.170. The fourth-order valence-corrected chi connectivity index (χ4v) is 5.85. The number of alkyl halides is 1. The van der Waals surface area contributed by atoms with Gasteiger partial charge in [-0.15, -0.1) is 0 Å². The van der Waals surface area contributed by atoms with Crippen molar-refractivity contribution in [2.45, 2.75) is 76.1 Å². The first-order valence-electron chi connectivity index (χ1n) is 14.4. The summed E-state index contributed by atoms with van der Waals surface area (Å²) in [5, 5.41) is 4.11. The number of nitrogens with zero attached hydrogens (tertiary/aromatic N) is 1. The van der Waals surface area contributed by atoms with E-state index < -0.39 is 98.3 Å². The minimum absolute atomic E-state index is 0.104. The molecule has 3 rings (SSSR count). The first-order chi connectivity index (χ1) is 22.0. The molecule has 1 aliphatic heterocycles. The average molecular weight is 705 g/mol. The van der Waals surface area contributed by atoms with E-state index in [1.807, 2.05) is 4.98 Å². The molecule has 1 amide bonds. The average Bonchev–Trinajstić information content (AvgIpc) is 3.23. The number of carbonyl (C=O) groups is 3. The Morgan fingerprint density at radius 3 is 2.45 bits per heavy atom. The van der Waals surface area contributed by atoms with E-state index in [2.05, 4.69) is 23.0 Å². The Morgan fingerprint density at radius 1 is 1.15 bits per heavy atom. The number of benzene rings is 1. The monoisotopic (exact) mass is 704 g/mol. The molecule has 2 heterocycles. The van der Waals surface area contributed by atoms with Crippen molar-refractivity contribution in [3.63, 3.8) is 0 Å². The van der Waals surface area contributed by atoms with E-state index in [1.165, 1.54) is 26.0 Å². The quantitative estimate of drug-likeness (QED) is 0.0851. The summed E-state index contributed by atoms with van der Waals surface area (Å²) in [6.45, 7) is 5.13. The molecule has 0 aliphatic carbocycles. The molecule has 7 atom stereocenters. The van der Waals surface area contributed by atoms with Gasteiger partial charge in [-0.05, 0) is 46.8 Å². The normalized spacial score (nSPS) is 23.4. The molecule has 0 spiro atoms. The molecule has 260 valence electrons. The van der Waals surface area contributed by atoms with Crippen LogP contribution in [-0.4, -0.2) is 82.6 Å². The number of aromatic nitrogens is 2. The number of hydrogen-bond acceptors (Lipinski definition) is 13. The van der Waals surface area contributed by atoms with E-state index in [4.69, 9.17) is 28.0 Å². The first-order valence-corrected chi connectivity index (χ1v) is 16.4. The van der Waals surface area contributed by atoms with Crippen molar-refractivity contribution in [2.24, 2.45) is 0 Å². The van der Waals surface area contributed by atoms with Crippen LogP contribution in [0.25, 0.3) is 0 Å². The van der Waals surface area contributed by atoms with E-state index in [0.717, 1.165) is 23.8 Å². The fraction of sp³-hybridized carbons (Fsp3) is 0.536. The number of carbonyl (C=O) groups excluding carboxylic acids is 3. The van der Waals surface area contributed by atoms with Gasteiger partial charge in [-0.25, -0.2) is 13.8 Å². The summed E-state index contributed by atoms with van der Waals surface area (Å²) in [6.07, 6.45) is -4.24. The predicted molar refractivity (Wildman–Crippen MR) is 166 cm³/mol. The zero-order valence-corrected chi connectivity index (χ0v) is 28.0. The second-order valence-corrected chi connectivity index (χ2v) is 13.3. The number of H-pyrrole nitrogens is 1. The molecule has 1 saturated heterocycles. The number of halogens is 1. The maximum atomic E-state index is 16.5. The van der Waals surface area contributed by atoms with Gasteiger partial charge >= 0.3 is 25.4 Å². The van der Waals surface area contributed by atoms with Crippen LogP contribution in [0.3, 0.4) is 0 Å². The Kier molecular flexibility index (Phi) is 13.3. The lowest BCUT2D eigenvalue weighted by Crippen LogP contribution is -2.46. The number of ether oxygens (including phenoxy) is 4. The lowest BCUT2D eigenvalue weighted by atomic mass is 9.98. The maximum absolute atomic E-state index is 16.5. The van der Waals surface area contributed by atoms with Crippen LogP contribution in [0.1, 0.15) is 40.8 Å². The zero-order valence-electron chi connectivity index (χ0n) is 26.2. The van der Waals surface area contributed by atoms with Gasteiger partial charge in [0.2, 0.25) is 5.91 Å². The van der Waals surface area contributed by atoms with Crippen LogP contribution in [-0.2, 0) is 42.4 Å². The van der Waals surface area contributed by atoms with Crippen LogP contribution in [0.5, 0.6) is 5.75 Å². The van der Waals surface area contributed by atoms with Gasteiger partial charge in [0, 0.05) is 12.3 Å². The van der Waals surface area contributed by atoms with Gasteiger partial charge in [-0.1, -0.05) is 18.2 Å². The van der Waals surface area contributed by atoms with Crippen LogP contribution < -0.4 is 26.2 Å². The van der Waals surface area contributed by atoms with Crippen molar-refractivity contribution < 1.29 is 51.3 Å². The number of amides is 1. The number of esters is 2. The summed E-state index contributed by atoms with van der Waals surface area (Å²) in [4.78, 5) is 62.5. The summed E-state index contributed by atoms with van der Waals surface area (Å²) in [6, 6.07) is 7.65. The van der Waals surface area contributed by atoms with Crippen molar-refractivity contribution in [3.8, 4) is 5.75 Å². The number of para-hydroxylation sites is 1. The molecule has 1 aromatic carbocycles. The summed E-state index contributed by atoms with van der Waals surface area (Å²) in [7, 11) is -4.45. The number of thiol groups is 1. The molecule has 0 saturated carbocycles. The van der Waals surface area contributed by atoms with E-state index in [9.17, 15) is 28.5 Å². The number of aromatic amines is 1. The van der Waals surface area contributed by atoms with E-state index >= 15 is 4.39 Å². The SMILES string of the molecule is CC(C)OC(=O)[C@H](C)N[P@](=O)(OC[C@H]1O[C@@H](n2ccc(=O)[nH]c2=O)[C@](C)(F)[C@@H]1OCOC(=O)CNC(=O)C(C)S)Oc1ccccc1. The predicted octanol–water partition coefficient (Wildman–Crippen LogP) is 1.62. The molecular formula is C28H38FN4O12PS. The second kappa shape index (κ2) is 16.5. The van der Waals surface area contributed by atoms with Crippen LogP contribution >= 0.6 is 20.4 Å². The van der Waals surface area contributed by atoms with Gasteiger partial charge in [-0.3, -0.25) is 33.3 Å². The molecule has 47 heavy (non-hydrogen) atoms. The molecule has 1 unspecified atom stereocenters. The highest BCUT2D eigenvalue weighted by molar-refractivity contribution is 7.81. The van der Waals surface area contributed by atoms with Crippen molar-refractivity contribution >= 4 is 38.2 Å². The Balaban J connectivity index is 1.85. The van der Waals surface area contributed by atoms with Crippen LogP contribution in [0, 0.1) is 0 Å². The van der Waals surface area contributed by atoms with Crippen LogP contribution in [0.4, 0.5) is 4.39 Å². The maximum Gasteiger partial charge on any atom is 0.459 e. The molecule has 19 heteroatoms. The van der Waals surface area contributed by atoms with Crippen molar-refractivity contribution in [1.82, 2.24) is 20.0 Å². The Labute approximate surface area is 274 Å². The van der Waals surface area contributed by atoms with E-state index in [0.29, 0.717) is 0 Å². The minimum atomic E-state index is -4.45. The molecule has 1 aliphatic rings. The Morgan fingerprint density at radius 2 is 1.83 bits per heavy atom. The van der Waals surface area contributed by atoms with Crippen LogP contribution in [0.15, 0.2) is 52.2 Å². The molecule has 0 radical (unpaired) electrons. The van der Waals surface area contributed by atoms with Crippen molar-refractivity contribution in [1.29, 1.82) is 0 Å². The largest absolute Gasteiger partial charge is 0.462 e. The first kappa shape index (κ1) is 37.9. The molecule has 16 nitrogen and oxygen atoms in total. The lowest BCUT2D eigenvalue weighted by Gasteiger charge is -2.28. The van der Waals surface area contributed by atoms with Crippen molar-refractivity contribution in [3.05, 3.63) is 63.4 Å². The molecule has 1 fully saturated rings. The molecule has 0 bridgehead atoms. The van der Waals surface area contributed by atoms with Crippen LogP contribution in [0.2, 0.25) is 0 Å². The number of rotatable bonds is 16. The van der Waals surface area contributed by atoms with Crippen molar-refractivity contribution in [2.75, 3.05) is 19.9 Å². The van der Waals surface area contributed by atoms with Gasteiger partial charge < -0.3 is 28.8 Å². The third-order valence-electron chi connectivity index (χ3n) is 6.47. The second-order valence-electron chi connectivity index (χ2n) is 10.8. The Hall–Kier alpha value is -3.54. The van der Waals surface area contributed by atoms with Gasteiger partial charge in [-0.2, -0.15) is 17.7 Å². The topological polar surface area (TPSA) is 203 Å². The zero-order chi connectivity index (χ0) is 34.9. The third-order valence-corrected chi connectivity index (χ3v) is 8.35. The molecule has 1 aromatic heterocycles. The van der Waals surface area contributed by atoms with E-state index in [1.54, 1.807) is 32.0 Å². The summed E-state index contributed by atoms with van der Waals surface area (Å²) < 4.78 is 64.0. The standard InChI is InChI=1S/C28H38FN4O12PS/c1-16(2)43-25(37)17(3)32-46(39,45-19-9-7-6-8-10-19)42-14-20-23(41-15-40-22(35)13-30-24(36)18(4)47)28(5,29)26(44-20)33-12-11-21(34)31-27(33)38/h6-12,16-18,20,23,26,47H,13-15H2,1-5H3,(H,30,36)(H,32,39)(H,31,34,38)/t17-,18?,20+,23+,26+,28+,46-/m0/s1. The molecule has 2 aromatic rings. The number of hydrogen-bond donors (Lipinski definition) is 4. The highest BCUT2D eigenvalue weighted by Crippen LogP contribution is 2.48. The fourth-order valence-electron chi connectivity index (χ4n) is 4.26. The van der Waals surface area contributed by atoms with Gasteiger partial charge in [0.1, 0.15) is 30.5 Å². The summed E-state index contributed by atoms with van der Waals surface area (Å²) >= 11 is 3.96. The summed E-state index contributed by atoms with van der Waals surface area (Å²) in [5.74, 6) is -2.09. The third kappa shape index (κ3) is 10.7. The highest BCUT2D eigenvalue weighted by Gasteiger charge is 2.57. The van der Waals surface area contributed by atoms with Gasteiger partial charge in [0.05, 0.1) is 18.0 Å². The smallest absolute Gasteiger partial charge is 0.459 e. The molecular weight excluding hydrogens is 666 g/mol. The highest BCUT2D eigenvalue weighted by atomic mass is 32.1. The molecule has 3 N–H and O–H groups in total. The van der Waals surface area contributed by atoms with Gasteiger partial charge in [0.15, 0.2) is 18.7 Å². The summed E-state index contributed by atoms with van der Waals surface area (Å²) in [5.41, 5.74) is -4.28. The van der Waals surface area contributed by atoms with Gasteiger partial charge in [0.25, 0.3) is 5.56 Å². The van der Waals surface area contributed by atoms with E-state index in [-0.39, 0.29) is 5.75 Å².